The topological polar surface area (TPSA) is 38.0 Å². The maximum Gasteiger partial charge on any atom is 0.0951 e. The predicted octanol–water partition coefficient (Wildman–Crippen LogP) is 1.98. The number of aliphatic hydroxyl groups excluding tert-OH is 1. The second-order valence-corrected chi connectivity index (χ2v) is 3.93. The fourth-order valence-corrected chi connectivity index (χ4v) is 1.65. The van der Waals surface area contributed by atoms with Crippen LogP contribution in [-0.4, -0.2) is 14.7 Å². The average Bonchev–Trinajstić information content (AvgIpc) is 2.49. The first-order valence-corrected chi connectivity index (χ1v) is 4.76. The summed E-state index contributed by atoms with van der Waals surface area (Å²) in [5, 5.41) is 9.03. The normalized spacial score (nSPS) is 13.6. The summed E-state index contributed by atoms with van der Waals surface area (Å²) in [6.45, 7) is 6.63. The van der Waals surface area contributed by atoms with Crippen LogP contribution in [0.2, 0.25) is 0 Å². The zero-order chi connectivity index (χ0) is 9.84. The number of aliphatic hydroxyl groups is 1. The first kappa shape index (κ1) is 10.3. The monoisotopic (exact) mass is 182 g/mol. The maximum atomic E-state index is 9.03. The zero-order valence-electron chi connectivity index (χ0n) is 8.57. The molecule has 0 saturated carbocycles. The second kappa shape index (κ2) is 4.42. The first-order valence-electron chi connectivity index (χ1n) is 4.76. The van der Waals surface area contributed by atoms with Crippen LogP contribution in [0.1, 0.15) is 38.9 Å². The molecule has 0 amide bonds. The van der Waals surface area contributed by atoms with Crippen LogP contribution in [0, 0.1) is 5.92 Å². The van der Waals surface area contributed by atoms with E-state index in [1.54, 1.807) is 12.5 Å². The van der Waals surface area contributed by atoms with Crippen molar-refractivity contribution < 1.29 is 5.11 Å². The first-order chi connectivity index (χ1) is 6.15. The number of imidazole rings is 1. The van der Waals surface area contributed by atoms with Crippen LogP contribution < -0.4 is 0 Å². The largest absolute Gasteiger partial charge is 0.390 e. The van der Waals surface area contributed by atoms with Gasteiger partial charge in [0, 0.05) is 6.04 Å². The molecule has 13 heavy (non-hydrogen) atoms. The smallest absolute Gasteiger partial charge is 0.0951 e. The highest BCUT2D eigenvalue weighted by molar-refractivity contribution is 4.98. The van der Waals surface area contributed by atoms with Gasteiger partial charge in [-0.25, -0.2) is 4.98 Å². The molecule has 0 spiro atoms. The van der Waals surface area contributed by atoms with E-state index in [0.717, 1.165) is 12.1 Å². The van der Waals surface area contributed by atoms with E-state index in [2.05, 4.69) is 25.8 Å². The fourth-order valence-electron chi connectivity index (χ4n) is 1.65. The summed E-state index contributed by atoms with van der Waals surface area (Å²) in [6.07, 6.45) is 4.62. The number of aromatic nitrogens is 2. The van der Waals surface area contributed by atoms with E-state index in [4.69, 9.17) is 5.11 Å². The van der Waals surface area contributed by atoms with Crippen molar-refractivity contribution >= 4 is 0 Å². The number of rotatable bonds is 4. The van der Waals surface area contributed by atoms with Gasteiger partial charge in [-0.05, 0) is 19.3 Å². The summed E-state index contributed by atoms with van der Waals surface area (Å²) in [6, 6.07) is 0.421. The van der Waals surface area contributed by atoms with Crippen LogP contribution in [0.15, 0.2) is 12.5 Å². The van der Waals surface area contributed by atoms with Crippen LogP contribution >= 0.6 is 0 Å². The van der Waals surface area contributed by atoms with Gasteiger partial charge >= 0.3 is 0 Å². The lowest BCUT2D eigenvalue weighted by Gasteiger charge is -2.17. The third-order valence-corrected chi connectivity index (χ3v) is 2.20. The van der Waals surface area contributed by atoms with Crippen molar-refractivity contribution in [2.45, 2.75) is 39.8 Å². The van der Waals surface area contributed by atoms with Gasteiger partial charge in [-0.1, -0.05) is 13.8 Å². The summed E-state index contributed by atoms with van der Waals surface area (Å²) < 4.78 is 2.04. The van der Waals surface area contributed by atoms with E-state index in [-0.39, 0.29) is 6.61 Å². The van der Waals surface area contributed by atoms with Crippen molar-refractivity contribution in [3.8, 4) is 0 Å². The summed E-state index contributed by atoms with van der Waals surface area (Å²) in [5.41, 5.74) is 0.896. The van der Waals surface area contributed by atoms with Gasteiger partial charge in [0.15, 0.2) is 0 Å². The Morgan fingerprint density at radius 1 is 1.46 bits per heavy atom. The minimum Gasteiger partial charge on any atom is -0.390 e. The van der Waals surface area contributed by atoms with E-state index >= 15 is 0 Å². The van der Waals surface area contributed by atoms with Gasteiger partial charge in [-0.2, -0.15) is 0 Å². The average molecular weight is 182 g/mol. The van der Waals surface area contributed by atoms with E-state index < -0.39 is 0 Å². The lowest BCUT2D eigenvalue weighted by molar-refractivity contribution is 0.264. The van der Waals surface area contributed by atoms with Gasteiger partial charge in [0.25, 0.3) is 0 Å². The summed E-state index contributed by atoms with van der Waals surface area (Å²) in [7, 11) is 0. The van der Waals surface area contributed by atoms with E-state index in [1.807, 2.05) is 4.57 Å². The fraction of sp³-hybridized carbons (Fsp3) is 0.700. The molecule has 3 heteroatoms. The third-order valence-electron chi connectivity index (χ3n) is 2.20. The van der Waals surface area contributed by atoms with Crippen LogP contribution in [0.5, 0.6) is 0 Å². The van der Waals surface area contributed by atoms with Gasteiger partial charge in [0.2, 0.25) is 0 Å². The Kier molecular flexibility index (Phi) is 3.48. The Hall–Kier alpha value is -0.830. The standard InChI is InChI=1S/C10H18N2O/c1-8(2)4-9(3)12-7-11-5-10(12)6-13/h5,7-9,13H,4,6H2,1-3H3. The van der Waals surface area contributed by atoms with E-state index in [0.29, 0.717) is 12.0 Å². The van der Waals surface area contributed by atoms with Gasteiger partial charge < -0.3 is 9.67 Å². The van der Waals surface area contributed by atoms with Crippen molar-refractivity contribution in [1.29, 1.82) is 0 Å². The van der Waals surface area contributed by atoms with Gasteiger partial charge in [0.05, 0.1) is 24.8 Å². The highest BCUT2D eigenvalue weighted by Gasteiger charge is 2.09. The molecular weight excluding hydrogens is 164 g/mol. The predicted molar refractivity (Wildman–Crippen MR) is 52.3 cm³/mol. The number of hydrogen-bond donors (Lipinski definition) is 1. The van der Waals surface area contributed by atoms with Crippen molar-refractivity contribution in [2.75, 3.05) is 0 Å². The molecule has 0 aliphatic carbocycles. The molecule has 1 rings (SSSR count). The summed E-state index contributed by atoms with van der Waals surface area (Å²) >= 11 is 0. The molecule has 0 aliphatic heterocycles. The zero-order valence-corrected chi connectivity index (χ0v) is 8.57. The molecule has 0 radical (unpaired) electrons. The molecular formula is C10H18N2O. The minimum atomic E-state index is 0.0719. The molecule has 0 aliphatic rings. The van der Waals surface area contributed by atoms with Gasteiger partial charge in [-0.15, -0.1) is 0 Å². The lowest BCUT2D eigenvalue weighted by atomic mass is 10.1. The molecule has 0 aromatic carbocycles. The molecule has 1 N–H and O–H groups in total. The molecule has 1 aromatic heterocycles. The lowest BCUT2D eigenvalue weighted by Crippen LogP contribution is -2.10. The van der Waals surface area contributed by atoms with Crippen molar-refractivity contribution in [3.05, 3.63) is 18.2 Å². The highest BCUT2D eigenvalue weighted by Crippen LogP contribution is 2.18. The Balaban J connectivity index is 2.69. The molecule has 0 saturated heterocycles. The van der Waals surface area contributed by atoms with E-state index in [9.17, 15) is 0 Å². The molecule has 1 unspecified atom stereocenters. The molecule has 0 fully saturated rings. The highest BCUT2D eigenvalue weighted by atomic mass is 16.3. The Morgan fingerprint density at radius 3 is 2.69 bits per heavy atom. The van der Waals surface area contributed by atoms with Crippen molar-refractivity contribution in [3.63, 3.8) is 0 Å². The minimum absolute atomic E-state index is 0.0719. The Labute approximate surface area is 79.4 Å². The molecule has 0 bridgehead atoms. The van der Waals surface area contributed by atoms with Crippen molar-refractivity contribution in [2.24, 2.45) is 5.92 Å². The van der Waals surface area contributed by atoms with E-state index in [1.165, 1.54) is 0 Å². The molecule has 3 nitrogen and oxygen atoms in total. The van der Waals surface area contributed by atoms with Crippen LogP contribution in [0.25, 0.3) is 0 Å². The molecule has 1 heterocycles. The third kappa shape index (κ3) is 2.56. The molecule has 1 aromatic rings. The second-order valence-electron chi connectivity index (χ2n) is 3.93. The molecule has 1 atom stereocenters. The summed E-state index contributed by atoms with van der Waals surface area (Å²) in [4.78, 5) is 4.02. The summed E-state index contributed by atoms with van der Waals surface area (Å²) in [5.74, 6) is 0.670. The SMILES string of the molecule is CC(C)CC(C)n1cncc1CO. The van der Waals surface area contributed by atoms with Crippen LogP contribution in [0.3, 0.4) is 0 Å². The number of hydrogen-bond acceptors (Lipinski definition) is 2. The quantitative estimate of drug-likeness (QED) is 0.773. The molecule has 74 valence electrons. The van der Waals surface area contributed by atoms with Crippen LogP contribution in [-0.2, 0) is 6.61 Å². The van der Waals surface area contributed by atoms with Crippen LogP contribution in [0.4, 0.5) is 0 Å². The maximum absolute atomic E-state index is 9.03. The van der Waals surface area contributed by atoms with Gasteiger partial charge in [-0.3, -0.25) is 0 Å². The Morgan fingerprint density at radius 2 is 2.15 bits per heavy atom. The Bertz CT molecular complexity index is 255. The van der Waals surface area contributed by atoms with Gasteiger partial charge in [0.1, 0.15) is 0 Å². The van der Waals surface area contributed by atoms with Crippen molar-refractivity contribution in [1.82, 2.24) is 9.55 Å². The number of nitrogens with zero attached hydrogens (tertiary/aromatic N) is 2.